The predicted octanol–water partition coefficient (Wildman–Crippen LogP) is 2.45. The average molecular weight is 527 g/mol. The van der Waals surface area contributed by atoms with Crippen molar-refractivity contribution >= 4 is 49.5 Å². The van der Waals surface area contributed by atoms with Crippen LogP contribution >= 0.6 is 15.9 Å². The number of rotatable bonds is 3. The zero-order valence-electron chi connectivity index (χ0n) is 18.2. The Labute approximate surface area is 202 Å². The van der Waals surface area contributed by atoms with Gasteiger partial charge in [0.05, 0.1) is 15.4 Å². The van der Waals surface area contributed by atoms with Gasteiger partial charge in [0.25, 0.3) is 0 Å². The summed E-state index contributed by atoms with van der Waals surface area (Å²) in [7, 11) is 0. The highest BCUT2D eigenvalue weighted by Crippen LogP contribution is 2.48. The monoisotopic (exact) mass is 526 g/mol. The first-order chi connectivity index (χ1) is 16.3. The number of fused-ring (bicyclic) bond motifs is 3. The molecule has 1 saturated carbocycles. The summed E-state index contributed by atoms with van der Waals surface area (Å²) in [6.45, 7) is 1.89. The molecule has 4 heterocycles. The predicted molar refractivity (Wildman–Crippen MR) is 129 cm³/mol. The van der Waals surface area contributed by atoms with Crippen LogP contribution in [0.1, 0.15) is 24.6 Å². The van der Waals surface area contributed by atoms with Crippen molar-refractivity contribution in [2.24, 2.45) is 0 Å². The number of aryl methyl sites for hydroxylation is 1. The van der Waals surface area contributed by atoms with Crippen molar-refractivity contribution in [3.05, 3.63) is 46.8 Å². The minimum Gasteiger partial charge on any atom is -0.488 e. The molecule has 0 bridgehead atoms. The van der Waals surface area contributed by atoms with Crippen LogP contribution < -0.4 is 16.2 Å². The smallest absolute Gasteiger partial charge is 0.164 e. The Bertz CT molecular complexity index is 1440. The number of ether oxygens (including phenoxy) is 2. The molecule has 10 nitrogen and oxygen atoms in total. The van der Waals surface area contributed by atoms with Crippen molar-refractivity contribution < 1.29 is 19.7 Å². The maximum absolute atomic E-state index is 11.4. The number of anilines is 2. The lowest BCUT2D eigenvalue weighted by Crippen LogP contribution is -2.47. The van der Waals surface area contributed by atoms with Crippen LogP contribution in [0.2, 0.25) is 0 Å². The van der Waals surface area contributed by atoms with E-state index in [1.54, 1.807) is 16.8 Å². The maximum atomic E-state index is 11.4. The fourth-order valence-corrected chi connectivity index (χ4v) is 5.53. The molecule has 1 aliphatic carbocycles. The molecule has 176 valence electrons. The number of aliphatic hydroxyl groups excluding tert-OH is 1. The Morgan fingerprint density at radius 2 is 2.06 bits per heavy atom. The Kier molecular flexibility index (Phi) is 4.75. The van der Waals surface area contributed by atoms with Crippen LogP contribution in [0.5, 0.6) is 5.75 Å². The molecule has 6 rings (SSSR count). The molecule has 1 unspecified atom stereocenters. The van der Waals surface area contributed by atoms with Crippen LogP contribution in [0.25, 0.3) is 21.9 Å². The number of aromatic nitrogens is 4. The van der Waals surface area contributed by atoms with E-state index in [-0.39, 0.29) is 0 Å². The zero-order chi connectivity index (χ0) is 23.8. The summed E-state index contributed by atoms with van der Waals surface area (Å²) < 4.78 is 14.9. The van der Waals surface area contributed by atoms with Crippen molar-refractivity contribution in [3.63, 3.8) is 0 Å². The normalized spacial score (nSPS) is 28.6. The van der Waals surface area contributed by atoms with Crippen LogP contribution in [-0.4, -0.2) is 53.6 Å². The number of benzene rings is 1. The highest BCUT2D eigenvalue weighted by molar-refractivity contribution is 9.10. The first kappa shape index (κ1) is 21.5. The Hall–Kier alpha value is -2.99. The Balaban J connectivity index is 1.31. The zero-order valence-corrected chi connectivity index (χ0v) is 19.8. The van der Waals surface area contributed by atoms with Gasteiger partial charge in [0.1, 0.15) is 53.3 Å². The van der Waals surface area contributed by atoms with E-state index in [2.05, 4.69) is 30.9 Å². The van der Waals surface area contributed by atoms with E-state index >= 15 is 0 Å². The summed E-state index contributed by atoms with van der Waals surface area (Å²) in [5.74, 6) is 1.33. The molecule has 2 fully saturated rings. The van der Waals surface area contributed by atoms with Crippen LogP contribution in [0, 0.1) is 6.92 Å². The van der Waals surface area contributed by atoms with Crippen molar-refractivity contribution in [1.82, 2.24) is 19.5 Å². The number of halogens is 1. The van der Waals surface area contributed by atoms with Gasteiger partial charge in [0.15, 0.2) is 6.23 Å². The van der Waals surface area contributed by atoms with Gasteiger partial charge in [0.2, 0.25) is 0 Å². The average Bonchev–Trinajstić information content (AvgIpc) is 3.39. The Morgan fingerprint density at radius 3 is 2.88 bits per heavy atom. The summed E-state index contributed by atoms with van der Waals surface area (Å²) in [5, 5.41) is 24.1. The first-order valence-corrected chi connectivity index (χ1v) is 11.7. The minimum absolute atomic E-state index is 0.334. The second kappa shape index (κ2) is 7.51. The van der Waals surface area contributed by atoms with Crippen molar-refractivity contribution in [2.75, 3.05) is 11.5 Å². The van der Waals surface area contributed by atoms with Gasteiger partial charge in [0, 0.05) is 17.6 Å². The second-order valence-corrected chi connectivity index (χ2v) is 9.82. The van der Waals surface area contributed by atoms with Crippen molar-refractivity contribution in [2.45, 2.75) is 49.9 Å². The summed E-state index contributed by atoms with van der Waals surface area (Å²) in [4.78, 5) is 12.8. The van der Waals surface area contributed by atoms with Gasteiger partial charge in [-0.2, -0.15) is 0 Å². The van der Waals surface area contributed by atoms with E-state index in [0.717, 1.165) is 15.4 Å². The molecule has 0 radical (unpaired) electrons. The third-order valence-corrected chi connectivity index (χ3v) is 7.52. The van der Waals surface area contributed by atoms with Gasteiger partial charge in [-0.05, 0) is 59.5 Å². The lowest BCUT2D eigenvalue weighted by atomic mass is 9.94. The van der Waals surface area contributed by atoms with Crippen LogP contribution in [0.3, 0.4) is 0 Å². The van der Waals surface area contributed by atoms with E-state index < -0.39 is 30.1 Å². The number of nitrogens with zero attached hydrogens (tertiary/aromatic N) is 4. The van der Waals surface area contributed by atoms with Crippen molar-refractivity contribution in [3.8, 4) is 5.75 Å². The number of pyridine rings is 1. The first-order valence-electron chi connectivity index (χ1n) is 10.9. The molecule has 1 aromatic carbocycles. The van der Waals surface area contributed by atoms with E-state index in [9.17, 15) is 10.2 Å². The van der Waals surface area contributed by atoms with Gasteiger partial charge in [-0.25, -0.2) is 15.0 Å². The maximum Gasteiger partial charge on any atom is 0.164 e. The molecule has 5 atom stereocenters. The van der Waals surface area contributed by atoms with Crippen LogP contribution in [0.4, 0.5) is 11.6 Å². The quantitative estimate of drug-likeness (QED) is 0.315. The van der Waals surface area contributed by atoms with E-state index in [1.165, 1.54) is 6.33 Å². The van der Waals surface area contributed by atoms with E-state index in [1.807, 2.05) is 25.1 Å². The number of nitrogens with two attached hydrogens (primary N) is 2. The third-order valence-electron chi connectivity index (χ3n) is 6.89. The van der Waals surface area contributed by atoms with Gasteiger partial charge in [-0.1, -0.05) is 0 Å². The highest BCUT2D eigenvalue weighted by Gasteiger charge is 2.62. The molecule has 1 saturated heterocycles. The molecule has 34 heavy (non-hydrogen) atoms. The molecule has 0 spiro atoms. The summed E-state index contributed by atoms with van der Waals surface area (Å²) in [5.41, 5.74) is 12.6. The Morgan fingerprint density at radius 1 is 1.24 bits per heavy atom. The highest BCUT2D eigenvalue weighted by atomic mass is 79.9. The molecule has 11 heteroatoms. The van der Waals surface area contributed by atoms with Crippen LogP contribution in [0.15, 0.2) is 41.3 Å². The van der Waals surface area contributed by atoms with Gasteiger partial charge >= 0.3 is 0 Å². The van der Waals surface area contributed by atoms with Crippen LogP contribution in [-0.2, 0) is 4.74 Å². The lowest BCUT2D eigenvalue weighted by Gasteiger charge is -2.26. The van der Waals surface area contributed by atoms with Gasteiger partial charge in [-0.3, -0.25) is 0 Å². The SMILES string of the molecule is Cc1cn([C@@H]2O[C@@H]3[C@@H](Oc4ccc5cc(Br)c(N)nc5c4)CC[C@]3(O)C2O)c2ncnc(N)c12. The molecule has 1 aliphatic heterocycles. The summed E-state index contributed by atoms with van der Waals surface area (Å²) >= 11 is 3.39. The fraction of sp³-hybridized carbons (Fsp3) is 0.348. The van der Waals surface area contributed by atoms with E-state index in [4.69, 9.17) is 20.9 Å². The molecular weight excluding hydrogens is 504 g/mol. The number of hydrogen-bond donors (Lipinski definition) is 4. The van der Waals surface area contributed by atoms with Crippen molar-refractivity contribution in [1.29, 1.82) is 0 Å². The van der Waals surface area contributed by atoms with Gasteiger partial charge < -0.3 is 35.7 Å². The molecule has 3 aromatic heterocycles. The molecule has 2 aliphatic rings. The number of aliphatic hydroxyl groups is 2. The minimum atomic E-state index is -1.46. The number of hydrogen-bond acceptors (Lipinski definition) is 9. The molecular formula is C23H23BrN6O4. The van der Waals surface area contributed by atoms with E-state index in [0.29, 0.717) is 46.8 Å². The lowest BCUT2D eigenvalue weighted by molar-refractivity contribution is -0.0791. The standard InChI is InChI=1S/C23H23BrN6O4/c1-10-8-30(21-16(10)20(26)27-9-28-21)22-17(31)23(32)5-4-15(18(23)34-22)33-12-3-2-11-6-13(24)19(25)29-14(11)7-12/h2-3,6-9,15,17-18,22,31-32H,4-5H2,1H3,(H2,25,29)(H2,26,27,28)/t15-,17?,18+,22+,23-/m0/s1. The van der Waals surface area contributed by atoms with Gasteiger partial charge in [-0.15, -0.1) is 0 Å². The number of nitrogen functional groups attached to an aromatic ring is 2. The second-order valence-electron chi connectivity index (χ2n) is 8.97. The molecule has 4 aromatic rings. The summed E-state index contributed by atoms with van der Waals surface area (Å²) in [6, 6.07) is 7.45. The third kappa shape index (κ3) is 3.08. The topological polar surface area (TPSA) is 155 Å². The fourth-order valence-electron chi connectivity index (χ4n) is 5.20. The molecule has 6 N–H and O–H groups in total. The molecule has 0 amide bonds. The largest absolute Gasteiger partial charge is 0.488 e. The summed E-state index contributed by atoms with van der Waals surface area (Å²) in [6.07, 6.45) is 0.827.